The lowest BCUT2D eigenvalue weighted by Gasteiger charge is -1.96. The van der Waals surface area contributed by atoms with Crippen molar-refractivity contribution in [2.75, 3.05) is 0 Å². The van der Waals surface area contributed by atoms with E-state index in [1.807, 2.05) is 43.3 Å². The average molecular weight is 260 g/mol. The third-order valence-corrected chi connectivity index (χ3v) is 3.03. The summed E-state index contributed by atoms with van der Waals surface area (Å²) < 4.78 is 5.15. The van der Waals surface area contributed by atoms with Crippen LogP contribution in [0.25, 0.3) is 11.0 Å². The molecule has 3 rings (SSSR count). The molecular formula is C18H12O2. The van der Waals surface area contributed by atoms with Crippen molar-refractivity contribution in [3.8, 4) is 11.8 Å². The van der Waals surface area contributed by atoms with Gasteiger partial charge in [0.2, 0.25) is 0 Å². The third kappa shape index (κ3) is 2.62. The van der Waals surface area contributed by atoms with Gasteiger partial charge in [0.05, 0.1) is 0 Å². The van der Waals surface area contributed by atoms with E-state index >= 15 is 0 Å². The molecule has 0 aliphatic heterocycles. The summed E-state index contributed by atoms with van der Waals surface area (Å²) in [7, 11) is 0. The Hall–Kier alpha value is -2.79. The van der Waals surface area contributed by atoms with Crippen molar-refractivity contribution >= 4 is 11.0 Å². The zero-order valence-corrected chi connectivity index (χ0v) is 11.0. The molecule has 0 N–H and O–H groups in total. The van der Waals surface area contributed by atoms with Gasteiger partial charge in [0.1, 0.15) is 5.58 Å². The lowest BCUT2D eigenvalue weighted by atomic mass is 10.1. The lowest BCUT2D eigenvalue weighted by Crippen LogP contribution is -1.94. The van der Waals surface area contributed by atoms with E-state index in [0.717, 1.165) is 16.5 Å². The van der Waals surface area contributed by atoms with Crippen molar-refractivity contribution in [2.45, 2.75) is 6.92 Å². The first kappa shape index (κ1) is 12.3. The number of aryl methyl sites for hydroxylation is 1. The second kappa shape index (κ2) is 5.07. The van der Waals surface area contributed by atoms with Gasteiger partial charge in [-0.05, 0) is 43.3 Å². The van der Waals surface area contributed by atoms with Gasteiger partial charge >= 0.3 is 5.63 Å². The molecule has 0 bridgehead atoms. The molecule has 0 unspecified atom stereocenters. The van der Waals surface area contributed by atoms with Gasteiger partial charge in [-0.2, -0.15) is 0 Å². The van der Waals surface area contributed by atoms with Gasteiger partial charge in [-0.25, -0.2) is 4.79 Å². The van der Waals surface area contributed by atoms with E-state index in [9.17, 15) is 4.79 Å². The van der Waals surface area contributed by atoms with Crippen LogP contribution in [0.3, 0.4) is 0 Å². The van der Waals surface area contributed by atoms with Crippen LogP contribution in [0.15, 0.2) is 63.8 Å². The molecule has 0 aliphatic rings. The van der Waals surface area contributed by atoms with Gasteiger partial charge < -0.3 is 4.42 Å². The molecule has 0 aliphatic carbocycles. The molecule has 0 spiro atoms. The van der Waals surface area contributed by atoms with E-state index in [4.69, 9.17) is 4.42 Å². The van der Waals surface area contributed by atoms with Crippen LogP contribution in [0.2, 0.25) is 0 Å². The molecule has 1 heterocycles. The quantitative estimate of drug-likeness (QED) is 0.457. The van der Waals surface area contributed by atoms with Gasteiger partial charge in [0.15, 0.2) is 0 Å². The first-order valence-electron chi connectivity index (χ1n) is 6.33. The molecule has 0 amide bonds. The van der Waals surface area contributed by atoms with Crippen LogP contribution in [0, 0.1) is 18.8 Å². The van der Waals surface area contributed by atoms with Gasteiger partial charge in [0, 0.05) is 22.6 Å². The van der Waals surface area contributed by atoms with Gasteiger partial charge in [-0.15, -0.1) is 0 Å². The van der Waals surface area contributed by atoms with Gasteiger partial charge in [-0.1, -0.05) is 29.5 Å². The summed E-state index contributed by atoms with van der Waals surface area (Å²) in [4.78, 5) is 11.2. The molecule has 0 saturated carbocycles. The van der Waals surface area contributed by atoms with Crippen molar-refractivity contribution in [1.29, 1.82) is 0 Å². The van der Waals surface area contributed by atoms with Crippen molar-refractivity contribution in [2.24, 2.45) is 0 Å². The first-order chi connectivity index (χ1) is 9.70. The van der Waals surface area contributed by atoms with Crippen LogP contribution in [0.1, 0.15) is 16.7 Å². The normalized spacial score (nSPS) is 10.1. The van der Waals surface area contributed by atoms with Crippen molar-refractivity contribution in [1.82, 2.24) is 0 Å². The summed E-state index contributed by atoms with van der Waals surface area (Å²) in [6.07, 6.45) is 0. The number of rotatable bonds is 0. The molecule has 20 heavy (non-hydrogen) atoms. The van der Waals surface area contributed by atoms with E-state index in [1.54, 1.807) is 12.1 Å². The molecule has 2 nitrogen and oxygen atoms in total. The Kier molecular flexibility index (Phi) is 3.10. The summed E-state index contributed by atoms with van der Waals surface area (Å²) in [6.45, 7) is 2.04. The van der Waals surface area contributed by atoms with E-state index in [-0.39, 0.29) is 5.63 Å². The molecule has 3 aromatic rings. The van der Waals surface area contributed by atoms with E-state index in [0.29, 0.717) is 5.58 Å². The predicted molar refractivity (Wildman–Crippen MR) is 79.6 cm³/mol. The monoisotopic (exact) mass is 260 g/mol. The Bertz CT molecular complexity index is 875. The highest BCUT2D eigenvalue weighted by Gasteiger charge is 1.97. The largest absolute Gasteiger partial charge is 0.423 e. The second-order valence-corrected chi connectivity index (χ2v) is 4.62. The Labute approximate surface area is 116 Å². The highest BCUT2D eigenvalue weighted by Crippen LogP contribution is 2.13. The van der Waals surface area contributed by atoms with E-state index < -0.39 is 0 Å². The Morgan fingerprint density at radius 2 is 1.50 bits per heavy atom. The number of benzene rings is 2. The summed E-state index contributed by atoms with van der Waals surface area (Å²) in [5.74, 6) is 6.18. The molecule has 0 saturated heterocycles. The average Bonchev–Trinajstić information content (AvgIpc) is 2.46. The molecule has 1 aromatic heterocycles. The van der Waals surface area contributed by atoms with Crippen LogP contribution in [0.4, 0.5) is 0 Å². The second-order valence-electron chi connectivity index (χ2n) is 4.62. The fraction of sp³-hybridized carbons (Fsp3) is 0.0556. The maximum Gasteiger partial charge on any atom is 0.336 e. The number of hydrogen-bond donors (Lipinski definition) is 0. The van der Waals surface area contributed by atoms with Crippen molar-refractivity contribution < 1.29 is 4.42 Å². The van der Waals surface area contributed by atoms with E-state index in [2.05, 4.69) is 11.8 Å². The third-order valence-electron chi connectivity index (χ3n) is 3.03. The highest BCUT2D eigenvalue weighted by atomic mass is 16.4. The summed E-state index contributed by atoms with van der Waals surface area (Å²) in [5, 5.41) is 0.894. The Balaban J connectivity index is 1.99. The molecule has 0 atom stereocenters. The summed E-state index contributed by atoms with van der Waals surface area (Å²) in [6, 6.07) is 16.8. The fourth-order valence-electron chi connectivity index (χ4n) is 1.92. The van der Waals surface area contributed by atoms with Gasteiger partial charge in [0.25, 0.3) is 0 Å². The standard InChI is InChI=1S/C18H12O2/c1-13-2-4-14(5-3-13)6-7-15-8-9-16-10-11-18(19)20-17(16)12-15/h2-5,8-12H,1H3. The minimum Gasteiger partial charge on any atom is -0.423 e. The Morgan fingerprint density at radius 1 is 0.850 bits per heavy atom. The van der Waals surface area contributed by atoms with Crippen molar-refractivity contribution in [3.63, 3.8) is 0 Å². The minimum atomic E-state index is -0.346. The Morgan fingerprint density at radius 3 is 2.30 bits per heavy atom. The maximum absolute atomic E-state index is 11.2. The zero-order valence-electron chi connectivity index (χ0n) is 11.0. The topological polar surface area (TPSA) is 30.2 Å². The fourth-order valence-corrected chi connectivity index (χ4v) is 1.92. The summed E-state index contributed by atoms with van der Waals surface area (Å²) >= 11 is 0. The molecule has 96 valence electrons. The van der Waals surface area contributed by atoms with Crippen LogP contribution < -0.4 is 5.63 Å². The molecule has 2 aromatic carbocycles. The lowest BCUT2D eigenvalue weighted by molar-refractivity contribution is 0.561. The molecule has 0 radical (unpaired) electrons. The first-order valence-corrected chi connectivity index (χ1v) is 6.33. The van der Waals surface area contributed by atoms with Crippen LogP contribution >= 0.6 is 0 Å². The number of fused-ring (bicyclic) bond motifs is 1. The number of hydrogen-bond acceptors (Lipinski definition) is 2. The van der Waals surface area contributed by atoms with E-state index in [1.165, 1.54) is 11.6 Å². The minimum absolute atomic E-state index is 0.346. The molecular weight excluding hydrogens is 248 g/mol. The molecule has 2 heteroatoms. The maximum atomic E-state index is 11.2. The van der Waals surface area contributed by atoms with Crippen LogP contribution in [-0.4, -0.2) is 0 Å². The van der Waals surface area contributed by atoms with Crippen LogP contribution in [0.5, 0.6) is 0 Å². The SMILES string of the molecule is Cc1ccc(C#Cc2ccc3ccc(=O)oc3c2)cc1. The molecule has 0 fully saturated rings. The van der Waals surface area contributed by atoms with Crippen molar-refractivity contribution in [3.05, 3.63) is 81.7 Å². The smallest absolute Gasteiger partial charge is 0.336 e. The summed E-state index contributed by atoms with van der Waals surface area (Å²) in [5.41, 5.74) is 3.22. The highest BCUT2D eigenvalue weighted by molar-refractivity contribution is 5.77. The zero-order chi connectivity index (χ0) is 13.9. The predicted octanol–water partition coefficient (Wildman–Crippen LogP) is 3.50. The van der Waals surface area contributed by atoms with Gasteiger partial charge in [-0.3, -0.25) is 0 Å². The van der Waals surface area contributed by atoms with Crippen LogP contribution in [-0.2, 0) is 0 Å².